The van der Waals surface area contributed by atoms with E-state index < -0.39 is 0 Å². The second-order valence-corrected chi connectivity index (χ2v) is 3.24. The lowest BCUT2D eigenvalue weighted by Gasteiger charge is -2.20. The normalized spacial score (nSPS) is 30.4. The molecule has 0 radical (unpaired) electrons. The Labute approximate surface area is 82.9 Å². The number of allylic oxidation sites excluding steroid dienone is 1. The van der Waals surface area contributed by atoms with Gasteiger partial charge in [0.1, 0.15) is 0 Å². The molecule has 0 saturated carbocycles. The molecule has 2 N–H and O–H groups in total. The summed E-state index contributed by atoms with van der Waals surface area (Å²) >= 11 is 0. The van der Waals surface area contributed by atoms with E-state index in [0.717, 1.165) is 12.1 Å². The molecule has 0 aromatic rings. The van der Waals surface area contributed by atoms with Crippen molar-refractivity contribution in [1.29, 1.82) is 0 Å². The smallest absolute Gasteiger partial charge is 0.168 e. The van der Waals surface area contributed by atoms with Crippen molar-refractivity contribution >= 4 is 12.4 Å². The van der Waals surface area contributed by atoms with Gasteiger partial charge >= 0.3 is 0 Å². The zero-order chi connectivity index (χ0) is 9.80. The maximum atomic E-state index is 5.68. The van der Waals surface area contributed by atoms with E-state index >= 15 is 0 Å². The van der Waals surface area contributed by atoms with E-state index in [9.17, 15) is 0 Å². The van der Waals surface area contributed by atoms with Crippen molar-refractivity contribution in [3.8, 4) is 0 Å². The molecular weight excluding hydrogens is 178 g/mol. The molecule has 2 rings (SSSR count). The molecule has 0 spiro atoms. The molecule has 2 unspecified atom stereocenters. The lowest BCUT2D eigenvalue weighted by molar-refractivity contribution is 0.0254. The van der Waals surface area contributed by atoms with Crippen LogP contribution in [-0.2, 0) is 4.74 Å². The Balaban J connectivity index is 1.85. The highest BCUT2D eigenvalue weighted by Crippen LogP contribution is 2.13. The third kappa shape index (κ3) is 2.29. The van der Waals surface area contributed by atoms with Crippen LogP contribution in [0.4, 0.5) is 0 Å². The SMILES string of the molecule is NC1=CCC(OC2CN=CC=N2)C=C1. The molecular formula is C10H13N3O. The fraction of sp³-hybridized carbons (Fsp3) is 0.400. The molecule has 1 heterocycles. The van der Waals surface area contributed by atoms with E-state index in [2.05, 4.69) is 9.98 Å². The van der Waals surface area contributed by atoms with E-state index in [0.29, 0.717) is 6.54 Å². The lowest BCUT2D eigenvalue weighted by atomic mass is 10.1. The minimum atomic E-state index is -0.137. The first-order valence-corrected chi connectivity index (χ1v) is 4.65. The molecule has 4 heteroatoms. The van der Waals surface area contributed by atoms with E-state index in [1.807, 2.05) is 18.2 Å². The van der Waals surface area contributed by atoms with Crippen molar-refractivity contribution in [2.24, 2.45) is 15.7 Å². The highest BCUT2D eigenvalue weighted by molar-refractivity contribution is 6.16. The number of rotatable bonds is 2. The van der Waals surface area contributed by atoms with Crippen LogP contribution in [0.3, 0.4) is 0 Å². The maximum Gasteiger partial charge on any atom is 0.168 e. The first kappa shape index (κ1) is 9.15. The predicted octanol–water partition coefficient (Wildman–Crippen LogP) is 0.655. The van der Waals surface area contributed by atoms with Gasteiger partial charge in [-0.25, -0.2) is 0 Å². The van der Waals surface area contributed by atoms with Crippen molar-refractivity contribution in [2.75, 3.05) is 6.54 Å². The van der Waals surface area contributed by atoms with Crippen LogP contribution in [0.5, 0.6) is 0 Å². The Hall–Kier alpha value is -1.42. The zero-order valence-electron chi connectivity index (χ0n) is 7.84. The first-order valence-electron chi connectivity index (χ1n) is 4.65. The van der Waals surface area contributed by atoms with Crippen LogP contribution in [0.15, 0.2) is 33.9 Å². The molecule has 0 aromatic heterocycles. The number of ether oxygens (including phenoxy) is 1. The van der Waals surface area contributed by atoms with Crippen LogP contribution in [0.2, 0.25) is 0 Å². The summed E-state index contributed by atoms with van der Waals surface area (Å²) in [5.74, 6) is 0. The minimum absolute atomic E-state index is 0.0812. The van der Waals surface area contributed by atoms with Gasteiger partial charge in [-0.1, -0.05) is 12.2 Å². The van der Waals surface area contributed by atoms with Crippen molar-refractivity contribution in [3.05, 3.63) is 23.9 Å². The fourth-order valence-electron chi connectivity index (χ4n) is 1.38. The summed E-state index contributed by atoms with van der Waals surface area (Å²) in [6, 6.07) is 0. The molecule has 0 amide bonds. The number of hydrogen-bond donors (Lipinski definition) is 1. The van der Waals surface area contributed by atoms with Gasteiger partial charge in [0.15, 0.2) is 6.23 Å². The van der Waals surface area contributed by atoms with Gasteiger partial charge in [-0.15, -0.1) is 0 Å². The van der Waals surface area contributed by atoms with Gasteiger partial charge in [0.2, 0.25) is 0 Å². The Morgan fingerprint density at radius 1 is 1.43 bits per heavy atom. The summed E-state index contributed by atoms with van der Waals surface area (Å²) in [5.41, 5.74) is 6.40. The summed E-state index contributed by atoms with van der Waals surface area (Å²) in [6.07, 6.45) is 9.91. The van der Waals surface area contributed by atoms with E-state index in [-0.39, 0.29) is 12.3 Å². The van der Waals surface area contributed by atoms with Crippen LogP contribution in [0, 0.1) is 0 Å². The molecule has 4 nitrogen and oxygen atoms in total. The monoisotopic (exact) mass is 191 g/mol. The molecule has 2 atom stereocenters. The van der Waals surface area contributed by atoms with Gasteiger partial charge in [0.25, 0.3) is 0 Å². The van der Waals surface area contributed by atoms with Gasteiger partial charge in [-0.2, -0.15) is 0 Å². The zero-order valence-corrected chi connectivity index (χ0v) is 7.84. The molecule has 14 heavy (non-hydrogen) atoms. The summed E-state index contributed by atoms with van der Waals surface area (Å²) in [4.78, 5) is 8.24. The van der Waals surface area contributed by atoms with E-state index in [1.54, 1.807) is 12.4 Å². The predicted molar refractivity (Wildman–Crippen MR) is 56.5 cm³/mol. The summed E-state index contributed by atoms with van der Waals surface area (Å²) in [5, 5.41) is 0. The van der Waals surface area contributed by atoms with Gasteiger partial charge < -0.3 is 10.5 Å². The number of nitrogens with two attached hydrogens (primary N) is 1. The third-order valence-corrected chi connectivity index (χ3v) is 2.11. The quantitative estimate of drug-likeness (QED) is 0.696. The Bertz CT molecular complexity index is 317. The summed E-state index contributed by atoms with van der Waals surface area (Å²) in [6.45, 7) is 0.611. The highest BCUT2D eigenvalue weighted by atomic mass is 16.5. The molecule has 1 aliphatic carbocycles. The van der Waals surface area contributed by atoms with Crippen LogP contribution < -0.4 is 5.73 Å². The van der Waals surface area contributed by atoms with Crippen molar-refractivity contribution in [2.45, 2.75) is 18.8 Å². The maximum absolute atomic E-state index is 5.68. The second-order valence-electron chi connectivity index (χ2n) is 3.24. The van der Waals surface area contributed by atoms with E-state index in [1.165, 1.54) is 0 Å². The van der Waals surface area contributed by atoms with Crippen molar-refractivity contribution in [3.63, 3.8) is 0 Å². The molecule has 0 saturated heterocycles. The molecule has 0 fully saturated rings. The summed E-state index contributed by atoms with van der Waals surface area (Å²) in [7, 11) is 0. The highest BCUT2D eigenvalue weighted by Gasteiger charge is 2.14. The number of aliphatic imine (C=N–C) groups is 2. The largest absolute Gasteiger partial charge is 0.399 e. The molecule has 1 aliphatic heterocycles. The van der Waals surface area contributed by atoms with Crippen LogP contribution in [0.1, 0.15) is 6.42 Å². The minimum Gasteiger partial charge on any atom is -0.399 e. The van der Waals surface area contributed by atoms with Crippen molar-refractivity contribution < 1.29 is 4.74 Å². The van der Waals surface area contributed by atoms with Crippen LogP contribution >= 0.6 is 0 Å². The Kier molecular flexibility index (Phi) is 2.74. The van der Waals surface area contributed by atoms with Gasteiger partial charge in [-0.3, -0.25) is 9.98 Å². The van der Waals surface area contributed by atoms with Gasteiger partial charge in [0.05, 0.1) is 12.6 Å². The lowest BCUT2D eigenvalue weighted by Crippen LogP contribution is -2.24. The molecule has 74 valence electrons. The third-order valence-electron chi connectivity index (χ3n) is 2.11. The number of hydrogen-bond acceptors (Lipinski definition) is 4. The Morgan fingerprint density at radius 2 is 2.36 bits per heavy atom. The van der Waals surface area contributed by atoms with Crippen LogP contribution in [0.25, 0.3) is 0 Å². The van der Waals surface area contributed by atoms with Gasteiger partial charge in [0, 0.05) is 18.1 Å². The number of nitrogens with zero attached hydrogens (tertiary/aromatic N) is 2. The fourth-order valence-corrected chi connectivity index (χ4v) is 1.38. The Morgan fingerprint density at radius 3 is 3.00 bits per heavy atom. The summed E-state index contributed by atoms with van der Waals surface area (Å²) < 4.78 is 5.68. The molecule has 0 aromatic carbocycles. The molecule has 0 bridgehead atoms. The van der Waals surface area contributed by atoms with Crippen LogP contribution in [-0.4, -0.2) is 31.3 Å². The first-order chi connectivity index (χ1) is 6.84. The standard InChI is InChI=1S/C10H13N3O/c11-8-1-3-9(4-2-8)14-10-7-12-5-6-13-10/h1-3,5-6,9-10H,4,7,11H2. The average Bonchev–Trinajstić information content (AvgIpc) is 2.23. The second kappa shape index (κ2) is 4.19. The van der Waals surface area contributed by atoms with E-state index in [4.69, 9.17) is 10.5 Å². The van der Waals surface area contributed by atoms with Crippen molar-refractivity contribution in [1.82, 2.24) is 0 Å². The molecule has 2 aliphatic rings. The average molecular weight is 191 g/mol. The van der Waals surface area contributed by atoms with Gasteiger partial charge in [-0.05, 0) is 12.5 Å². The topological polar surface area (TPSA) is 60.0 Å².